The van der Waals surface area contributed by atoms with Crippen molar-refractivity contribution in [1.82, 2.24) is 20.1 Å². The van der Waals surface area contributed by atoms with Gasteiger partial charge in [0.2, 0.25) is 5.91 Å². The van der Waals surface area contributed by atoms with Crippen LogP contribution in [0.4, 0.5) is 19.0 Å². The Morgan fingerprint density at radius 3 is 2.68 bits per heavy atom. The normalized spacial score (nSPS) is 18.0. The number of aromatic nitrogens is 3. The van der Waals surface area contributed by atoms with E-state index in [-0.39, 0.29) is 46.9 Å². The molecule has 0 spiro atoms. The SMILES string of the molecule is N#Cc1ccc(-n2nc3c(c2NC(=O)C2CS(=O)(=O)C2)C(=O)N[C@@H](CCc2cccc(OCC(F)(F)F)c2)C3)nc1. The third-order valence-corrected chi connectivity index (χ3v) is 8.48. The number of carbonyl (C=O) groups is 2. The van der Waals surface area contributed by atoms with Crippen molar-refractivity contribution in [1.29, 1.82) is 5.26 Å². The van der Waals surface area contributed by atoms with Crippen LogP contribution >= 0.6 is 0 Å². The largest absolute Gasteiger partial charge is 0.484 e. The van der Waals surface area contributed by atoms with Crippen LogP contribution in [0.2, 0.25) is 0 Å². The zero-order chi connectivity index (χ0) is 29.4. The number of pyridine rings is 1. The van der Waals surface area contributed by atoms with Crippen LogP contribution in [0.25, 0.3) is 5.82 Å². The zero-order valence-electron chi connectivity index (χ0n) is 21.3. The molecule has 15 heteroatoms. The van der Waals surface area contributed by atoms with Crippen LogP contribution < -0.4 is 15.4 Å². The van der Waals surface area contributed by atoms with E-state index in [0.717, 1.165) is 5.56 Å². The first-order valence-corrected chi connectivity index (χ1v) is 14.3. The highest BCUT2D eigenvalue weighted by molar-refractivity contribution is 7.92. The summed E-state index contributed by atoms with van der Waals surface area (Å²) in [7, 11) is -3.27. The summed E-state index contributed by atoms with van der Waals surface area (Å²) in [5.41, 5.74) is 1.51. The number of alkyl halides is 3. The van der Waals surface area contributed by atoms with Crippen molar-refractivity contribution >= 4 is 27.5 Å². The van der Waals surface area contributed by atoms with E-state index in [2.05, 4.69) is 20.7 Å². The van der Waals surface area contributed by atoms with Gasteiger partial charge in [-0.3, -0.25) is 9.59 Å². The highest BCUT2D eigenvalue weighted by atomic mass is 32.2. The fourth-order valence-corrected chi connectivity index (χ4v) is 6.08. The van der Waals surface area contributed by atoms with Gasteiger partial charge >= 0.3 is 6.18 Å². The van der Waals surface area contributed by atoms with Crippen LogP contribution in [0.1, 0.15) is 33.6 Å². The van der Waals surface area contributed by atoms with Gasteiger partial charge < -0.3 is 15.4 Å². The van der Waals surface area contributed by atoms with Gasteiger partial charge in [-0.25, -0.2) is 13.4 Å². The fraction of sp³-hybridized carbons (Fsp3) is 0.346. The van der Waals surface area contributed by atoms with Crippen molar-refractivity contribution in [2.75, 3.05) is 23.4 Å². The Kier molecular flexibility index (Phi) is 7.43. The van der Waals surface area contributed by atoms with E-state index in [4.69, 9.17) is 10.00 Å². The van der Waals surface area contributed by atoms with E-state index < -0.39 is 40.4 Å². The first-order chi connectivity index (χ1) is 19.4. The lowest BCUT2D eigenvalue weighted by Gasteiger charge is -2.26. The third kappa shape index (κ3) is 6.49. The number of hydrogen-bond acceptors (Lipinski definition) is 8. The molecule has 0 bridgehead atoms. The Bertz CT molecular complexity index is 1640. The lowest BCUT2D eigenvalue weighted by molar-refractivity contribution is -0.153. The minimum Gasteiger partial charge on any atom is -0.484 e. The van der Waals surface area contributed by atoms with Gasteiger partial charge in [0, 0.05) is 18.7 Å². The third-order valence-electron chi connectivity index (χ3n) is 6.66. The first-order valence-electron chi connectivity index (χ1n) is 12.5. The summed E-state index contributed by atoms with van der Waals surface area (Å²) in [5, 5.41) is 19.2. The highest BCUT2D eigenvalue weighted by Crippen LogP contribution is 2.30. The predicted molar refractivity (Wildman–Crippen MR) is 138 cm³/mol. The van der Waals surface area contributed by atoms with Gasteiger partial charge in [0.1, 0.15) is 17.4 Å². The first kappa shape index (κ1) is 28.1. The number of benzene rings is 1. The van der Waals surface area contributed by atoms with E-state index in [1.54, 1.807) is 12.1 Å². The summed E-state index contributed by atoms with van der Waals surface area (Å²) in [5.74, 6) is -2.06. The van der Waals surface area contributed by atoms with Crippen molar-refractivity contribution in [3.63, 3.8) is 0 Å². The zero-order valence-corrected chi connectivity index (χ0v) is 22.1. The Morgan fingerprint density at radius 1 is 1.24 bits per heavy atom. The number of nitrogens with zero attached hydrogens (tertiary/aromatic N) is 4. The number of rotatable bonds is 8. The predicted octanol–water partition coefficient (Wildman–Crippen LogP) is 2.35. The number of nitriles is 1. The Hall–Kier alpha value is -4.45. The quantitative estimate of drug-likeness (QED) is 0.406. The van der Waals surface area contributed by atoms with Crippen LogP contribution in [0.3, 0.4) is 0 Å². The van der Waals surface area contributed by atoms with Gasteiger partial charge in [0.25, 0.3) is 5.91 Å². The number of fused-ring (bicyclic) bond motifs is 1. The number of carbonyl (C=O) groups excluding carboxylic acids is 2. The Morgan fingerprint density at radius 2 is 2.02 bits per heavy atom. The second-order valence-electron chi connectivity index (χ2n) is 9.83. The molecular weight excluding hydrogens is 565 g/mol. The van der Waals surface area contributed by atoms with Gasteiger partial charge in [-0.15, -0.1) is 0 Å². The van der Waals surface area contributed by atoms with Crippen molar-refractivity contribution in [2.24, 2.45) is 5.92 Å². The average Bonchev–Trinajstić information content (AvgIpc) is 3.27. The van der Waals surface area contributed by atoms with E-state index >= 15 is 0 Å². The number of amides is 2. The molecule has 2 aliphatic heterocycles. The molecule has 1 atom stereocenters. The molecule has 1 fully saturated rings. The van der Waals surface area contributed by atoms with E-state index in [1.807, 2.05) is 6.07 Å². The van der Waals surface area contributed by atoms with Crippen molar-refractivity contribution in [3.05, 3.63) is 65.0 Å². The van der Waals surface area contributed by atoms with Gasteiger partial charge in [-0.2, -0.15) is 28.2 Å². The molecule has 41 heavy (non-hydrogen) atoms. The number of hydrogen-bond donors (Lipinski definition) is 2. The highest BCUT2D eigenvalue weighted by Gasteiger charge is 2.40. The molecule has 2 aromatic heterocycles. The summed E-state index contributed by atoms with van der Waals surface area (Å²) in [6.07, 6.45) is -1.98. The molecule has 2 amide bonds. The molecule has 2 N–H and O–H groups in total. The lowest BCUT2D eigenvalue weighted by Crippen LogP contribution is -2.45. The van der Waals surface area contributed by atoms with Crippen LogP contribution in [0, 0.1) is 17.2 Å². The summed E-state index contributed by atoms with van der Waals surface area (Å²) >= 11 is 0. The number of anilines is 1. The molecule has 5 rings (SSSR count). The van der Waals surface area contributed by atoms with E-state index in [0.29, 0.717) is 24.1 Å². The minimum atomic E-state index is -4.45. The minimum absolute atomic E-state index is 0.0389. The van der Waals surface area contributed by atoms with Crippen molar-refractivity contribution < 1.29 is 35.9 Å². The smallest absolute Gasteiger partial charge is 0.422 e. The molecule has 2 aliphatic rings. The molecule has 0 radical (unpaired) electrons. The molecule has 11 nitrogen and oxygen atoms in total. The van der Waals surface area contributed by atoms with Gasteiger partial charge in [-0.1, -0.05) is 12.1 Å². The van der Waals surface area contributed by atoms with Gasteiger partial charge in [-0.05, 0) is 42.7 Å². The lowest BCUT2D eigenvalue weighted by atomic mass is 9.96. The topological polar surface area (TPSA) is 156 Å². The number of ether oxygens (including phenoxy) is 1. The number of nitrogens with one attached hydrogen (secondary N) is 2. The molecule has 3 aromatic rings. The molecule has 0 unspecified atom stereocenters. The standard InChI is InChI=1S/C26H23F3N6O5S/c27-26(28,29)14-40-19-3-1-2-15(8-19)4-6-18-9-20-22(25(37)32-18)23(33-24(36)17-12-41(38,39)13-17)35(34-20)21-7-5-16(10-30)11-31-21/h1-3,5,7-8,11,17-18H,4,6,9,12-14H2,(H,32,37)(H,33,36)/t18-/m0/s1. The molecular formula is C26H23F3N6O5S. The second kappa shape index (κ2) is 10.8. The number of halogens is 3. The molecule has 0 saturated carbocycles. The van der Waals surface area contributed by atoms with Gasteiger partial charge in [0.15, 0.2) is 28.1 Å². The maximum atomic E-state index is 13.2. The maximum Gasteiger partial charge on any atom is 0.422 e. The second-order valence-corrected chi connectivity index (χ2v) is 12.0. The summed E-state index contributed by atoms with van der Waals surface area (Å²) in [6.45, 7) is -1.40. The molecule has 1 saturated heterocycles. The molecule has 214 valence electrons. The van der Waals surface area contributed by atoms with Crippen LogP contribution in [-0.4, -0.2) is 65.3 Å². The molecule has 0 aliphatic carbocycles. The van der Waals surface area contributed by atoms with E-state index in [9.17, 15) is 31.2 Å². The van der Waals surface area contributed by atoms with Crippen LogP contribution in [0.15, 0.2) is 42.6 Å². The fourth-order valence-electron chi connectivity index (χ4n) is 4.65. The van der Waals surface area contributed by atoms with Crippen molar-refractivity contribution in [3.8, 4) is 17.6 Å². The summed E-state index contributed by atoms with van der Waals surface area (Å²) < 4.78 is 66.7. The van der Waals surface area contributed by atoms with Crippen LogP contribution in [-0.2, 0) is 27.5 Å². The average molecular weight is 589 g/mol. The van der Waals surface area contributed by atoms with E-state index in [1.165, 1.54) is 35.1 Å². The monoisotopic (exact) mass is 588 g/mol. The Labute approximate surface area is 232 Å². The maximum absolute atomic E-state index is 13.2. The van der Waals surface area contributed by atoms with Crippen LogP contribution in [0.5, 0.6) is 5.75 Å². The number of aryl methyl sites for hydroxylation is 1. The molecule has 4 heterocycles. The summed E-state index contributed by atoms with van der Waals surface area (Å²) in [4.78, 5) is 30.3. The Balaban J connectivity index is 1.35. The number of sulfone groups is 1. The summed E-state index contributed by atoms with van der Waals surface area (Å²) in [6, 6.07) is 10.9. The van der Waals surface area contributed by atoms with Crippen molar-refractivity contribution in [2.45, 2.75) is 31.5 Å². The molecule has 1 aromatic carbocycles. The van der Waals surface area contributed by atoms with Gasteiger partial charge in [0.05, 0.1) is 28.7 Å².